The Kier molecular flexibility index (Phi) is 6.52. The highest BCUT2D eigenvalue weighted by Gasteiger charge is 2.19. The van der Waals surface area contributed by atoms with Gasteiger partial charge in [-0.05, 0) is 35.9 Å². The average Bonchev–Trinajstić information content (AvgIpc) is 2.62. The fourth-order valence-corrected chi connectivity index (χ4v) is 3.62. The Hall–Kier alpha value is -2.66. The minimum absolute atomic E-state index is 0.0129. The van der Waals surface area contributed by atoms with Crippen molar-refractivity contribution in [2.24, 2.45) is 0 Å². The number of rotatable bonds is 7. The molecule has 1 amide bonds. The van der Waals surface area contributed by atoms with Crippen molar-refractivity contribution < 1.29 is 13.2 Å². The van der Waals surface area contributed by atoms with Crippen molar-refractivity contribution in [3.63, 3.8) is 0 Å². The molecule has 0 aliphatic heterocycles. The number of amides is 1. The van der Waals surface area contributed by atoms with Gasteiger partial charge in [-0.3, -0.25) is 4.79 Å². The minimum Gasteiger partial charge on any atom is -0.322 e. The van der Waals surface area contributed by atoms with E-state index in [0.717, 1.165) is 5.56 Å². The zero-order chi connectivity index (χ0) is 19.2. The van der Waals surface area contributed by atoms with Gasteiger partial charge in [-0.25, -0.2) is 13.1 Å². The van der Waals surface area contributed by atoms with Gasteiger partial charge in [-0.2, -0.15) is 5.26 Å². The van der Waals surface area contributed by atoms with E-state index in [1.807, 2.05) is 6.07 Å². The van der Waals surface area contributed by atoms with Crippen LogP contribution in [0.2, 0.25) is 5.02 Å². The predicted molar refractivity (Wildman–Crippen MR) is 101 cm³/mol. The maximum absolute atomic E-state index is 12.4. The first-order chi connectivity index (χ1) is 12.4. The summed E-state index contributed by atoms with van der Waals surface area (Å²) in [5.41, 5.74) is 1.51. The summed E-state index contributed by atoms with van der Waals surface area (Å²) in [6, 6.07) is 12.9. The third-order valence-corrected chi connectivity index (χ3v) is 5.30. The highest BCUT2D eigenvalue weighted by molar-refractivity contribution is 7.89. The topological polar surface area (TPSA) is 99.1 Å². The summed E-state index contributed by atoms with van der Waals surface area (Å²) >= 11 is 5.97. The number of hydrogen-bond donors (Lipinski definition) is 2. The van der Waals surface area contributed by atoms with Crippen LogP contribution in [0.15, 0.2) is 60.0 Å². The quantitative estimate of drug-likeness (QED) is 0.710. The fourth-order valence-electron chi connectivity index (χ4n) is 2.10. The zero-order valence-electron chi connectivity index (χ0n) is 13.7. The molecule has 0 saturated heterocycles. The van der Waals surface area contributed by atoms with Crippen LogP contribution in [0, 0.1) is 11.3 Å². The van der Waals surface area contributed by atoms with E-state index in [0.29, 0.717) is 5.69 Å². The highest BCUT2D eigenvalue weighted by Crippen LogP contribution is 2.23. The lowest BCUT2D eigenvalue weighted by Gasteiger charge is -2.10. The van der Waals surface area contributed by atoms with Crippen molar-refractivity contribution in [2.75, 3.05) is 11.9 Å². The van der Waals surface area contributed by atoms with Crippen molar-refractivity contribution in [3.8, 4) is 6.07 Å². The van der Waals surface area contributed by atoms with E-state index >= 15 is 0 Å². The SMILES string of the molecule is C=CCNS(=O)(=O)c1cc(C(=O)Nc2ccc(CC#N)cc2)ccc1Cl. The molecule has 0 saturated carbocycles. The Morgan fingerprint density at radius 3 is 2.54 bits per heavy atom. The number of nitriles is 1. The number of anilines is 1. The number of halogens is 1. The van der Waals surface area contributed by atoms with E-state index < -0.39 is 15.9 Å². The number of nitrogens with one attached hydrogen (secondary N) is 2. The molecule has 0 unspecified atom stereocenters. The van der Waals surface area contributed by atoms with E-state index in [9.17, 15) is 13.2 Å². The Morgan fingerprint density at radius 1 is 1.23 bits per heavy atom. The summed E-state index contributed by atoms with van der Waals surface area (Å²) < 4.78 is 26.8. The summed E-state index contributed by atoms with van der Waals surface area (Å²) in [5.74, 6) is -0.477. The van der Waals surface area contributed by atoms with Crippen molar-refractivity contribution in [1.29, 1.82) is 5.26 Å². The van der Waals surface area contributed by atoms with Crippen LogP contribution < -0.4 is 10.0 Å². The second-order valence-electron chi connectivity index (χ2n) is 5.27. The minimum atomic E-state index is -3.86. The maximum atomic E-state index is 12.4. The Morgan fingerprint density at radius 2 is 1.92 bits per heavy atom. The Balaban J connectivity index is 2.23. The number of sulfonamides is 1. The first-order valence-corrected chi connectivity index (χ1v) is 9.41. The zero-order valence-corrected chi connectivity index (χ0v) is 15.3. The molecule has 0 fully saturated rings. The van der Waals surface area contributed by atoms with Gasteiger partial charge in [0.05, 0.1) is 17.5 Å². The lowest BCUT2D eigenvalue weighted by atomic mass is 10.1. The second-order valence-corrected chi connectivity index (χ2v) is 7.41. The largest absolute Gasteiger partial charge is 0.322 e. The van der Waals surface area contributed by atoms with Crippen LogP contribution in [-0.2, 0) is 16.4 Å². The van der Waals surface area contributed by atoms with Crippen molar-refractivity contribution >= 4 is 33.2 Å². The molecule has 0 aliphatic rings. The summed E-state index contributed by atoms with van der Waals surface area (Å²) in [5, 5.41) is 11.3. The number of carbonyl (C=O) groups excluding carboxylic acids is 1. The number of benzene rings is 2. The van der Waals surface area contributed by atoms with Crippen LogP contribution in [0.5, 0.6) is 0 Å². The Labute approximate surface area is 157 Å². The van der Waals surface area contributed by atoms with Gasteiger partial charge in [0.15, 0.2) is 0 Å². The van der Waals surface area contributed by atoms with Gasteiger partial charge in [-0.15, -0.1) is 6.58 Å². The molecule has 2 aromatic carbocycles. The summed E-state index contributed by atoms with van der Waals surface area (Å²) in [7, 11) is -3.86. The molecule has 26 heavy (non-hydrogen) atoms. The van der Waals surface area contributed by atoms with E-state index in [1.54, 1.807) is 24.3 Å². The van der Waals surface area contributed by atoms with Crippen LogP contribution in [-0.4, -0.2) is 20.9 Å². The van der Waals surface area contributed by atoms with Crippen LogP contribution in [0.25, 0.3) is 0 Å². The summed E-state index contributed by atoms with van der Waals surface area (Å²) in [4.78, 5) is 12.2. The smallest absolute Gasteiger partial charge is 0.255 e. The number of hydrogen-bond acceptors (Lipinski definition) is 4. The molecule has 0 radical (unpaired) electrons. The predicted octanol–water partition coefficient (Wildman–Crippen LogP) is 3.12. The molecule has 2 aromatic rings. The van der Waals surface area contributed by atoms with E-state index in [2.05, 4.69) is 16.6 Å². The van der Waals surface area contributed by atoms with Crippen LogP contribution in [0.1, 0.15) is 15.9 Å². The Bertz CT molecular complexity index is 964. The average molecular weight is 390 g/mol. The van der Waals surface area contributed by atoms with Crippen molar-refractivity contribution in [2.45, 2.75) is 11.3 Å². The first-order valence-electron chi connectivity index (χ1n) is 7.54. The van der Waals surface area contributed by atoms with Crippen LogP contribution >= 0.6 is 11.6 Å². The molecular weight excluding hydrogens is 374 g/mol. The molecule has 8 heteroatoms. The van der Waals surface area contributed by atoms with E-state index in [-0.39, 0.29) is 28.4 Å². The van der Waals surface area contributed by atoms with E-state index in [1.165, 1.54) is 24.3 Å². The normalized spacial score (nSPS) is 10.8. The molecule has 134 valence electrons. The molecular formula is C18H16ClN3O3S. The van der Waals surface area contributed by atoms with Gasteiger partial charge in [0, 0.05) is 17.8 Å². The van der Waals surface area contributed by atoms with Gasteiger partial charge < -0.3 is 5.32 Å². The third kappa shape index (κ3) is 4.92. The van der Waals surface area contributed by atoms with Crippen molar-refractivity contribution in [3.05, 3.63) is 71.3 Å². The third-order valence-electron chi connectivity index (χ3n) is 3.40. The van der Waals surface area contributed by atoms with Gasteiger partial charge in [-0.1, -0.05) is 29.8 Å². The summed E-state index contributed by atoms with van der Waals surface area (Å²) in [6.45, 7) is 3.49. The molecule has 0 heterocycles. The summed E-state index contributed by atoms with van der Waals surface area (Å²) in [6.07, 6.45) is 1.68. The lowest BCUT2D eigenvalue weighted by Crippen LogP contribution is -2.24. The van der Waals surface area contributed by atoms with Gasteiger partial charge in [0.2, 0.25) is 10.0 Å². The highest BCUT2D eigenvalue weighted by atomic mass is 35.5. The van der Waals surface area contributed by atoms with E-state index in [4.69, 9.17) is 16.9 Å². The van der Waals surface area contributed by atoms with Gasteiger partial charge in [0.1, 0.15) is 4.90 Å². The van der Waals surface area contributed by atoms with Crippen molar-refractivity contribution in [1.82, 2.24) is 4.72 Å². The fraction of sp³-hybridized carbons (Fsp3) is 0.111. The number of nitrogens with zero attached hydrogens (tertiary/aromatic N) is 1. The van der Waals surface area contributed by atoms with Gasteiger partial charge >= 0.3 is 0 Å². The molecule has 0 aliphatic carbocycles. The first kappa shape index (κ1) is 19.7. The monoisotopic (exact) mass is 389 g/mol. The molecule has 0 bridgehead atoms. The maximum Gasteiger partial charge on any atom is 0.255 e. The standard InChI is InChI=1S/C18H16ClN3O3S/c1-2-11-21-26(24,25)17-12-14(5-8-16(17)19)18(23)22-15-6-3-13(4-7-15)9-10-20/h2-8,12,21H,1,9,11H2,(H,22,23). The second kappa shape index (κ2) is 8.63. The van der Waals surface area contributed by atoms with Gasteiger partial charge in [0.25, 0.3) is 5.91 Å². The molecule has 0 atom stereocenters. The molecule has 6 nitrogen and oxygen atoms in total. The molecule has 0 aromatic heterocycles. The number of carbonyl (C=O) groups is 1. The molecule has 2 rings (SSSR count). The van der Waals surface area contributed by atoms with Crippen LogP contribution in [0.4, 0.5) is 5.69 Å². The van der Waals surface area contributed by atoms with Crippen LogP contribution in [0.3, 0.4) is 0 Å². The lowest BCUT2D eigenvalue weighted by molar-refractivity contribution is 0.102. The molecule has 2 N–H and O–H groups in total. The molecule has 0 spiro atoms.